The van der Waals surface area contributed by atoms with E-state index in [-0.39, 0.29) is 5.75 Å². The highest BCUT2D eigenvalue weighted by Gasteiger charge is 2.01. The van der Waals surface area contributed by atoms with E-state index in [0.717, 1.165) is 22.3 Å². The van der Waals surface area contributed by atoms with Crippen LogP contribution in [0.5, 0.6) is 5.75 Å². The van der Waals surface area contributed by atoms with Crippen LogP contribution >= 0.6 is 0 Å². The lowest BCUT2D eigenvalue weighted by Crippen LogP contribution is -1.88. The number of benzene rings is 2. The van der Waals surface area contributed by atoms with Crippen LogP contribution in [-0.2, 0) is 0 Å². The van der Waals surface area contributed by atoms with Crippen molar-refractivity contribution in [2.75, 3.05) is 5.73 Å². The Morgan fingerprint density at radius 3 is 2.60 bits per heavy atom. The summed E-state index contributed by atoms with van der Waals surface area (Å²) in [6.07, 6.45) is 3.81. The van der Waals surface area contributed by atoms with E-state index in [0.29, 0.717) is 5.52 Å². The summed E-state index contributed by atoms with van der Waals surface area (Å²) >= 11 is 0. The summed E-state index contributed by atoms with van der Waals surface area (Å²) in [5, 5.41) is 10.7. The second kappa shape index (κ2) is 5.05. The van der Waals surface area contributed by atoms with Gasteiger partial charge in [0.1, 0.15) is 11.3 Å². The highest BCUT2D eigenvalue weighted by atomic mass is 16.3. The quantitative estimate of drug-likeness (QED) is 0.692. The first-order valence-electron chi connectivity index (χ1n) is 6.35. The van der Waals surface area contributed by atoms with E-state index < -0.39 is 0 Å². The molecule has 0 aliphatic carbocycles. The van der Waals surface area contributed by atoms with Crippen LogP contribution in [0, 0.1) is 0 Å². The van der Waals surface area contributed by atoms with Crippen LogP contribution in [0.2, 0.25) is 0 Å². The van der Waals surface area contributed by atoms with Crippen LogP contribution in [0.4, 0.5) is 5.69 Å². The van der Waals surface area contributed by atoms with Gasteiger partial charge in [0, 0.05) is 11.1 Å². The molecule has 3 heteroatoms. The molecule has 0 spiro atoms. The smallest absolute Gasteiger partial charge is 0.141 e. The number of pyridine rings is 1. The monoisotopic (exact) mass is 262 g/mol. The van der Waals surface area contributed by atoms with Crippen LogP contribution in [0.3, 0.4) is 0 Å². The summed E-state index contributed by atoms with van der Waals surface area (Å²) in [5.74, 6) is 0.192. The van der Waals surface area contributed by atoms with Crippen molar-refractivity contribution in [3.05, 3.63) is 65.9 Å². The lowest BCUT2D eigenvalue weighted by Gasteiger charge is -2.02. The van der Waals surface area contributed by atoms with Crippen molar-refractivity contribution in [2.45, 2.75) is 0 Å². The number of nitrogen functional groups attached to an aromatic ring is 1. The van der Waals surface area contributed by atoms with Crippen LogP contribution in [0.25, 0.3) is 23.1 Å². The first-order valence-corrected chi connectivity index (χ1v) is 6.35. The molecule has 3 aromatic rings. The number of aromatic hydroxyl groups is 1. The van der Waals surface area contributed by atoms with Crippen LogP contribution in [0.1, 0.15) is 11.3 Å². The number of nitrogens with two attached hydrogens (primary N) is 1. The fourth-order valence-corrected chi connectivity index (χ4v) is 2.08. The van der Waals surface area contributed by atoms with E-state index in [2.05, 4.69) is 4.98 Å². The van der Waals surface area contributed by atoms with Crippen molar-refractivity contribution in [1.82, 2.24) is 4.98 Å². The number of hydrogen-bond donors (Lipinski definition) is 2. The summed E-state index contributed by atoms with van der Waals surface area (Å²) in [7, 11) is 0. The lowest BCUT2D eigenvalue weighted by atomic mass is 10.1. The topological polar surface area (TPSA) is 59.1 Å². The molecular formula is C17H14N2O. The minimum atomic E-state index is 0.192. The van der Waals surface area contributed by atoms with Gasteiger partial charge in [0.25, 0.3) is 0 Å². The number of rotatable bonds is 2. The van der Waals surface area contributed by atoms with Crippen molar-refractivity contribution in [3.8, 4) is 5.75 Å². The molecule has 0 aliphatic rings. The minimum absolute atomic E-state index is 0.192. The maximum absolute atomic E-state index is 9.82. The lowest BCUT2D eigenvalue weighted by molar-refractivity contribution is 0.480. The molecule has 3 rings (SSSR count). The maximum atomic E-state index is 9.82. The van der Waals surface area contributed by atoms with Crippen LogP contribution < -0.4 is 5.73 Å². The van der Waals surface area contributed by atoms with Gasteiger partial charge in [-0.15, -0.1) is 0 Å². The molecule has 0 radical (unpaired) electrons. The zero-order valence-electron chi connectivity index (χ0n) is 10.8. The average molecular weight is 262 g/mol. The van der Waals surface area contributed by atoms with E-state index in [1.807, 2.05) is 54.6 Å². The van der Waals surface area contributed by atoms with Gasteiger partial charge in [-0.25, -0.2) is 4.98 Å². The van der Waals surface area contributed by atoms with Crippen molar-refractivity contribution >= 4 is 28.7 Å². The normalized spacial score (nSPS) is 11.2. The second-order valence-corrected chi connectivity index (χ2v) is 4.55. The van der Waals surface area contributed by atoms with Crippen molar-refractivity contribution in [3.63, 3.8) is 0 Å². The Labute approximate surface area is 117 Å². The first-order chi connectivity index (χ1) is 9.74. The number of fused-ring (bicyclic) bond motifs is 1. The summed E-state index contributed by atoms with van der Waals surface area (Å²) in [6.45, 7) is 0. The van der Waals surface area contributed by atoms with E-state index in [1.165, 1.54) is 0 Å². The Hall–Kier alpha value is -2.81. The predicted molar refractivity (Wildman–Crippen MR) is 83.2 cm³/mol. The Morgan fingerprint density at radius 1 is 0.900 bits per heavy atom. The molecule has 1 aromatic heterocycles. The minimum Gasteiger partial charge on any atom is -0.506 e. The van der Waals surface area contributed by atoms with Gasteiger partial charge in [-0.2, -0.15) is 0 Å². The van der Waals surface area contributed by atoms with Gasteiger partial charge in [0.15, 0.2) is 0 Å². The number of phenolic OH excluding ortho intramolecular Hbond substituents is 1. The van der Waals surface area contributed by atoms with Gasteiger partial charge in [-0.3, -0.25) is 0 Å². The average Bonchev–Trinajstić information content (AvgIpc) is 2.47. The molecule has 0 aliphatic heterocycles. The van der Waals surface area contributed by atoms with E-state index >= 15 is 0 Å². The summed E-state index contributed by atoms with van der Waals surface area (Å²) in [6, 6.07) is 16.9. The molecule has 0 amide bonds. The van der Waals surface area contributed by atoms with Gasteiger partial charge in [0.05, 0.1) is 5.69 Å². The molecule has 3 N–H and O–H groups in total. The Kier molecular flexibility index (Phi) is 3.09. The number of hydrogen-bond acceptors (Lipinski definition) is 3. The van der Waals surface area contributed by atoms with E-state index in [1.54, 1.807) is 12.1 Å². The Balaban J connectivity index is 1.99. The molecule has 20 heavy (non-hydrogen) atoms. The molecule has 0 fully saturated rings. The largest absolute Gasteiger partial charge is 0.506 e. The third kappa shape index (κ3) is 2.34. The Morgan fingerprint density at radius 2 is 1.75 bits per heavy atom. The standard InChI is InChI=1S/C17H14N2O/c18-15-6-2-1-4-12(15)8-10-14-11-9-13-5-3-7-16(20)17(13)19-14/h1-11,20H,18H2/b10-8+. The Bertz CT molecular complexity index is 794. The summed E-state index contributed by atoms with van der Waals surface area (Å²) in [5.41, 5.74) is 8.95. The van der Waals surface area contributed by atoms with Crippen molar-refractivity contribution in [2.24, 2.45) is 0 Å². The number of para-hydroxylation sites is 2. The summed E-state index contributed by atoms with van der Waals surface area (Å²) < 4.78 is 0. The molecule has 0 unspecified atom stereocenters. The molecule has 0 bridgehead atoms. The third-order valence-corrected chi connectivity index (χ3v) is 3.15. The number of anilines is 1. The highest BCUT2D eigenvalue weighted by molar-refractivity contribution is 5.86. The molecule has 0 saturated carbocycles. The van der Waals surface area contributed by atoms with Crippen LogP contribution in [0.15, 0.2) is 54.6 Å². The van der Waals surface area contributed by atoms with E-state index in [9.17, 15) is 5.11 Å². The second-order valence-electron chi connectivity index (χ2n) is 4.55. The first kappa shape index (κ1) is 12.2. The number of phenols is 1. The maximum Gasteiger partial charge on any atom is 0.141 e. The van der Waals surface area contributed by atoms with Gasteiger partial charge in [0.2, 0.25) is 0 Å². The van der Waals surface area contributed by atoms with Crippen LogP contribution in [-0.4, -0.2) is 10.1 Å². The molecule has 0 saturated heterocycles. The number of nitrogens with zero attached hydrogens (tertiary/aromatic N) is 1. The molecular weight excluding hydrogens is 248 g/mol. The number of aromatic nitrogens is 1. The fraction of sp³-hybridized carbons (Fsp3) is 0. The molecule has 1 heterocycles. The molecule has 0 atom stereocenters. The van der Waals surface area contributed by atoms with Gasteiger partial charge in [-0.1, -0.05) is 42.5 Å². The van der Waals surface area contributed by atoms with E-state index in [4.69, 9.17) is 5.73 Å². The highest BCUT2D eigenvalue weighted by Crippen LogP contribution is 2.23. The van der Waals surface area contributed by atoms with Crippen molar-refractivity contribution < 1.29 is 5.11 Å². The van der Waals surface area contributed by atoms with Crippen molar-refractivity contribution in [1.29, 1.82) is 0 Å². The zero-order valence-corrected chi connectivity index (χ0v) is 10.8. The zero-order chi connectivity index (χ0) is 13.9. The summed E-state index contributed by atoms with van der Waals surface area (Å²) in [4.78, 5) is 4.44. The van der Waals surface area contributed by atoms with Gasteiger partial charge < -0.3 is 10.8 Å². The fourth-order valence-electron chi connectivity index (χ4n) is 2.08. The SMILES string of the molecule is Nc1ccccc1/C=C/c1ccc2cccc(O)c2n1. The molecule has 2 aromatic carbocycles. The third-order valence-electron chi connectivity index (χ3n) is 3.15. The molecule has 3 nitrogen and oxygen atoms in total. The van der Waals surface area contributed by atoms with Gasteiger partial charge in [-0.05, 0) is 29.8 Å². The molecule has 98 valence electrons. The predicted octanol–water partition coefficient (Wildman–Crippen LogP) is 3.69. The van der Waals surface area contributed by atoms with Gasteiger partial charge >= 0.3 is 0 Å².